The van der Waals surface area contributed by atoms with Crippen LogP contribution in [-0.2, 0) is 11.3 Å². The number of para-hydroxylation sites is 1. The number of nitrogens with one attached hydrogen (secondary N) is 1. The zero-order valence-corrected chi connectivity index (χ0v) is 14.6. The zero-order chi connectivity index (χ0) is 18.4. The van der Waals surface area contributed by atoms with E-state index in [-0.39, 0.29) is 24.5 Å². The molecule has 0 saturated carbocycles. The van der Waals surface area contributed by atoms with E-state index in [1.54, 1.807) is 18.5 Å². The van der Waals surface area contributed by atoms with Gasteiger partial charge in [-0.25, -0.2) is 0 Å². The predicted octanol–water partition coefficient (Wildman–Crippen LogP) is 3.57. The maximum absolute atomic E-state index is 12.3. The fourth-order valence-electron chi connectivity index (χ4n) is 2.69. The summed E-state index contributed by atoms with van der Waals surface area (Å²) in [5.74, 6) is 0.452. The van der Waals surface area contributed by atoms with E-state index in [9.17, 15) is 9.59 Å². The molecule has 0 aliphatic heterocycles. The van der Waals surface area contributed by atoms with Crippen LogP contribution >= 0.6 is 0 Å². The number of aromatic nitrogens is 3. The largest absolute Gasteiger partial charge is 0.325 e. The predicted molar refractivity (Wildman–Crippen MR) is 99.8 cm³/mol. The van der Waals surface area contributed by atoms with Crippen LogP contribution in [0.4, 0.5) is 5.69 Å². The molecule has 132 valence electrons. The molecule has 0 bridgehead atoms. The van der Waals surface area contributed by atoms with Gasteiger partial charge < -0.3 is 9.88 Å². The lowest BCUT2D eigenvalue weighted by Crippen LogP contribution is -2.14. The van der Waals surface area contributed by atoms with Gasteiger partial charge in [0.25, 0.3) is 0 Å². The van der Waals surface area contributed by atoms with Gasteiger partial charge in [-0.2, -0.15) is 0 Å². The average molecular weight is 348 g/mol. The van der Waals surface area contributed by atoms with Crippen LogP contribution in [0.15, 0.2) is 60.9 Å². The third-order valence-electron chi connectivity index (χ3n) is 4.07. The Hall–Kier alpha value is -3.28. The topological polar surface area (TPSA) is 76.9 Å². The van der Waals surface area contributed by atoms with Gasteiger partial charge >= 0.3 is 0 Å². The van der Waals surface area contributed by atoms with Crippen LogP contribution in [0.5, 0.6) is 0 Å². The summed E-state index contributed by atoms with van der Waals surface area (Å²) in [5, 5.41) is 11.0. The van der Waals surface area contributed by atoms with Gasteiger partial charge in [0.05, 0.1) is 5.69 Å². The number of hydrogen-bond donors (Lipinski definition) is 1. The number of benzene rings is 2. The highest BCUT2D eigenvalue weighted by molar-refractivity contribution is 6.01. The highest BCUT2D eigenvalue weighted by Crippen LogP contribution is 2.26. The smallest absolute Gasteiger partial charge is 0.224 e. The minimum Gasteiger partial charge on any atom is -0.325 e. The summed E-state index contributed by atoms with van der Waals surface area (Å²) in [7, 11) is 0. The van der Waals surface area contributed by atoms with Crippen molar-refractivity contribution in [3.05, 3.63) is 66.5 Å². The summed E-state index contributed by atoms with van der Waals surface area (Å²) in [5.41, 5.74) is 2.08. The van der Waals surface area contributed by atoms with E-state index in [1.165, 1.54) is 0 Å². The van der Waals surface area contributed by atoms with E-state index in [0.29, 0.717) is 17.1 Å². The van der Waals surface area contributed by atoms with E-state index >= 15 is 0 Å². The van der Waals surface area contributed by atoms with Crippen LogP contribution in [0.25, 0.3) is 11.4 Å². The first-order valence-corrected chi connectivity index (χ1v) is 8.54. The molecule has 1 N–H and O–H groups in total. The van der Waals surface area contributed by atoms with Crippen molar-refractivity contribution < 1.29 is 9.59 Å². The Morgan fingerprint density at radius 1 is 1.00 bits per heavy atom. The van der Waals surface area contributed by atoms with Gasteiger partial charge in [-0.05, 0) is 19.1 Å². The number of amides is 1. The second kappa shape index (κ2) is 8.20. The second-order valence-corrected chi connectivity index (χ2v) is 5.82. The standard InChI is InChI=1S/C20H20N4O2/c1-2-24-14-21-23-20(24)16-10-6-7-11-17(16)22-19(26)13-12-18(25)15-8-4-3-5-9-15/h3-11,14H,2,12-13H2,1H3,(H,22,26). The molecule has 0 unspecified atom stereocenters. The Bertz CT molecular complexity index is 903. The third-order valence-corrected chi connectivity index (χ3v) is 4.07. The molecule has 6 heteroatoms. The normalized spacial score (nSPS) is 10.5. The number of ketones is 1. The summed E-state index contributed by atoms with van der Waals surface area (Å²) in [6.07, 6.45) is 1.96. The molecule has 1 aromatic heterocycles. The molecule has 0 saturated heterocycles. The molecule has 2 aromatic carbocycles. The van der Waals surface area contributed by atoms with Crippen molar-refractivity contribution in [1.29, 1.82) is 0 Å². The lowest BCUT2D eigenvalue weighted by molar-refractivity contribution is -0.116. The molecule has 3 rings (SSSR count). The number of rotatable bonds is 7. The lowest BCUT2D eigenvalue weighted by Gasteiger charge is -2.11. The average Bonchev–Trinajstić information content (AvgIpc) is 3.16. The lowest BCUT2D eigenvalue weighted by atomic mass is 10.1. The molecular formula is C20H20N4O2. The van der Waals surface area contributed by atoms with E-state index in [0.717, 1.165) is 12.1 Å². The van der Waals surface area contributed by atoms with Gasteiger partial charge in [0.2, 0.25) is 5.91 Å². The minimum atomic E-state index is -0.204. The second-order valence-electron chi connectivity index (χ2n) is 5.82. The Labute approximate surface area is 151 Å². The van der Waals surface area contributed by atoms with Crippen LogP contribution in [0.2, 0.25) is 0 Å². The van der Waals surface area contributed by atoms with E-state index < -0.39 is 0 Å². The van der Waals surface area contributed by atoms with Gasteiger partial charge in [0.1, 0.15) is 6.33 Å². The summed E-state index contributed by atoms with van der Waals surface area (Å²) < 4.78 is 1.91. The first kappa shape index (κ1) is 17.5. The summed E-state index contributed by atoms with van der Waals surface area (Å²) in [4.78, 5) is 24.5. The molecule has 6 nitrogen and oxygen atoms in total. The molecule has 26 heavy (non-hydrogen) atoms. The van der Waals surface area contributed by atoms with Crippen molar-refractivity contribution in [1.82, 2.24) is 14.8 Å². The SMILES string of the molecule is CCn1cnnc1-c1ccccc1NC(=O)CCC(=O)c1ccccc1. The fraction of sp³-hybridized carbons (Fsp3) is 0.200. The Morgan fingerprint density at radius 2 is 1.73 bits per heavy atom. The minimum absolute atomic E-state index is 0.0419. The van der Waals surface area contributed by atoms with Crippen LogP contribution in [-0.4, -0.2) is 26.5 Å². The van der Waals surface area contributed by atoms with Crippen molar-refractivity contribution in [3.8, 4) is 11.4 Å². The molecule has 0 spiro atoms. The van der Waals surface area contributed by atoms with Crippen molar-refractivity contribution in [2.24, 2.45) is 0 Å². The maximum Gasteiger partial charge on any atom is 0.224 e. The molecule has 1 amide bonds. The van der Waals surface area contributed by atoms with Gasteiger partial charge in [0.15, 0.2) is 11.6 Å². The number of anilines is 1. The maximum atomic E-state index is 12.3. The Kier molecular flexibility index (Phi) is 5.53. The Morgan fingerprint density at radius 3 is 2.50 bits per heavy atom. The number of nitrogens with zero attached hydrogens (tertiary/aromatic N) is 3. The highest BCUT2D eigenvalue weighted by Gasteiger charge is 2.14. The van der Waals surface area contributed by atoms with E-state index in [4.69, 9.17) is 0 Å². The van der Waals surface area contributed by atoms with Crippen molar-refractivity contribution in [2.75, 3.05) is 5.32 Å². The molecule has 0 atom stereocenters. The third kappa shape index (κ3) is 4.03. The number of hydrogen-bond acceptors (Lipinski definition) is 4. The van der Waals surface area contributed by atoms with E-state index in [2.05, 4.69) is 15.5 Å². The van der Waals surface area contributed by atoms with Gasteiger partial charge in [0, 0.05) is 30.5 Å². The van der Waals surface area contributed by atoms with Crippen LogP contribution in [0.3, 0.4) is 0 Å². The van der Waals surface area contributed by atoms with Gasteiger partial charge in [-0.1, -0.05) is 42.5 Å². The van der Waals surface area contributed by atoms with Crippen LogP contribution < -0.4 is 5.32 Å². The Balaban J connectivity index is 1.68. The van der Waals surface area contributed by atoms with E-state index in [1.807, 2.05) is 54.0 Å². The fourth-order valence-corrected chi connectivity index (χ4v) is 2.69. The highest BCUT2D eigenvalue weighted by atomic mass is 16.2. The molecule has 0 fully saturated rings. The molecule has 0 aliphatic rings. The monoisotopic (exact) mass is 348 g/mol. The molecule has 0 aliphatic carbocycles. The first-order chi connectivity index (χ1) is 12.7. The molecule has 1 heterocycles. The van der Waals surface area contributed by atoms with Gasteiger partial charge in [-0.3, -0.25) is 9.59 Å². The molecule has 0 radical (unpaired) electrons. The summed E-state index contributed by atoms with van der Waals surface area (Å²) >= 11 is 0. The van der Waals surface area contributed by atoms with Crippen molar-refractivity contribution in [3.63, 3.8) is 0 Å². The quantitative estimate of drug-likeness (QED) is 0.662. The summed E-state index contributed by atoms with van der Waals surface area (Å²) in [6, 6.07) is 16.4. The van der Waals surface area contributed by atoms with Gasteiger partial charge in [-0.15, -0.1) is 10.2 Å². The number of carbonyl (C=O) groups is 2. The zero-order valence-electron chi connectivity index (χ0n) is 14.6. The molecular weight excluding hydrogens is 328 g/mol. The first-order valence-electron chi connectivity index (χ1n) is 8.54. The summed E-state index contributed by atoms with van der Waals surface area (Å²) in [6.45, 7) is 2.74. The van der Waals surface area contributed by atoms with Crippen molar-refractivity contribution >= 4 is 17.4 Å². The number of Topliss-reactive ketones (excluding diaryl/α,β-unsaturated/α-hetero) is 1. The van der Waals surface area contributed by atoms with Crippen molar-refractivity contribution in [2.45, 2.75) is 26.3 Å². The number of carbonyl (C=O) groups excluding carboxylic acids is 2. The molecule has 3 aromatic rings. The van der Waals surface area contributed by atoms with Crippen LogP contribution in [0, 0.1) is 0 Å². The van der Waals surface area contributed by atoms with Crippen LogP contribution in [0.1, 0.15) is 30.1 Å². The number of aryl methyl sites for hydroxylation is 1.